The molecule has 0 atom stereocenters. The number of nitrogens with one attached hydrogen (secondary N) is 1. The molecule has 0 bridgehead atoms. The average molecular weight is 250 g/mol. The molecule has 6 heteroatoms. The number of aromatic nitrogens is 2. The molecule has 2 heterocycles. The summed E-state index contributed by atoms with van der Waals surface area (Å²) < 4.78 is 9.08. The van der Waals surface area contributed by atoms with E-state index in [4.69, 9.17) is 10.5 Å². The molecule has 2 rings (SSSR count). The van der Waals surface area contributed by atoms with Crippen molar-refractivity contribution in [3.05, 3.63) is 29.5 Å². The minimum atomic E-state index is 0.588. The molecule has 90 valence electrons. The zero-order valence-corrected chi connectivity index (χ0v) is 10.5. The molecule has 0 aliphatic rings. The van der Waals surface area contributed by atoms with E-state index < -0.39 is 0 Å². The number of pyridine rings is 1. The fourth-order valence-corrected chi connectivity index (χ4v) is 2.04. The smallest absolute Gasteiger partial charge is 0.212 e. The van der Waals surface area contributed by atoms with Crippen molar-refractivity contribution in [3.63, 3.8) is 0 Å². The van der Waals surface area contributed by atoms with Crippen LogP contribution in [0, 0.1) is 6.92 Å². The summed E-state index contributed by atoms with van der Waals surface area (Å²) in [5, 5.41) is 4.28. The first kappa shape index (κ1) is 11.7. The second kappa shape index (κ2) is 5.01. The van der Waals surface area contributed by atoms with E-state index in [0.29, 0.717) is 18.2 Å². The lowest BCUT2D eigenvalue weighted by molar-refractivity contribution is 0.397. The number of methoxy groups -OCH3 is 1. The molecule has 2 aromatic heterocycles. The highest BCUT2D eigenvalue weighted by molar-refractivity contribution is 7.10. The van der Waals surface area contributed by atoms with Gasteiger partial charge in [-0.2, -0.15) is 4.37 Å². The minimum absolute atomic E-state index is 0.588. The zero-order valence-electron chi connectivity index (χ0n) is 9.73. The van der Waals surface area contributed by atoms with E-state index in [9.17, 15) is 0 Å². The Morgan fingerprint density at radius 3 is 2.82 bits per heavy atom. The van der Waals surface area contributed by atoms with Gasteiger partial charge < -0.3 is 15.8 Å². The van der Waals surface area contributed by atoms with Crippen LogP contribution in [0.25, 0.3) is 0 Å². The van der Waals surface area contributed by atoms with Crippen molar-refractivity contribution in [2.24, 2.45) is 0 Å². The van der Waals surface area contributed by atoms with Crippen molar-refractivity contribution in [1.82, 2.24) is 9.36 Å². The first-order chi connectivity index (χ1) is 8.20. The Bertz CT molecular complexity index is 495. The van der Waals surface area contributed by atoms with Crippen molar-refractivity contribution < 1.29 is 4.74 Å². The predicted octanol–water partition coefficient (Wildman–Crippen LogP) is 2.05. The van der Waals surface area contributed by atoms with Gasteiger partial charge in [0.05, 0.1) is 7.11 Å². The standard InChI is InChI=1S/C11H14N4OS/c1-7-10(12)15-17-11(7)14-6-8-3-4-9(16-2)13-5-8/h3-5,14H,6H2,1-2H3,(H2,12,15). The van der Waals surface area contributed by atoms with Crippen LogP contribution in [-0.4, -0.2) is 16.5 Å². The van der Waals surface area contributed by atoms with E-state index in [-0.39, 0.29) is 0 Å². The maximum atomic E-state index is 5.68. The summed E-state index contributed by atoms with van der Waals surface area (Å²) in [5.74, 6) is 1.21. The summed E-state index contributed by atoms with van der Waals surface area (Å²) in [6.07, 6.45) is 1.78. The molecular weight excluding hydrogens is 236 g/mol. The Kier molecular flexibility index (Phi) is 3.43. The molecule has 0 radical (unpaired) electrons. The number of hydrogen-bond acceptors (Lipinski definition) is 6. The predicted molar refractivity (Wildman–Crippen MR) is 69.4 cm³/mol. The van der Waals surface area contributed by atoms with Crippen LogP contribution in [0.5, 0.6) is 5.88 Å². The van der Waals surface area contributed by atoms with E-state index in [2.05, 4.69) is 14.7 Å². The second-order valence-electron chi connectivity index (χ2n) is 3.58. The molecule has 2 aromatic rings. The number of ether oxygens (including phenoxy) is 1. The maximum absolute atomic E-state index is 5.68. The lowest BCUT2D eigenvalue weighted by Crippen LogP contribution is -2.00. The van der Waals surface area contributed by atoms with Crippen LogP contribution in [0.15, 0.2) is 18.3 Å². The largest absolute Gasteiger partial charge is 0.481 e. The summed E-state index contributed by atoms with van der Waals surface area (Å²) in [5.41, 5.74) is 7.76. The summed E-state index contributed by atoms with van der Waals surface area (Å²) in [6.45, 7) is 2.65. The number of nitrogen functional groups attached to an aromatic ring is 1. The van der Waals surface area contributed by atoms with E-state index in [0.717, 1.165) is 16.1 Å². The van der Waals surface area contributed by atoms with Crippen LogP contribution in [-0.2, 0) is 6.54 Å². The highest BCUT2D eigenvalue weighted by Gasteiger charge is 2.05. The molecule has 0 aliphatic heterocycles. The van der Waals surface area contributed by atoms with Gasteiger partial charge in [-0.3, -0.25) is 0 Å². The normalized spacial score (nSPS) is 10.2. The SMILES string of the molecule is COc1ccc(CNc2snc(N)c2C)cn1. The van der Waals surface area contributed by atoms with Gasteiger partial charge in [0.2, 0.25) is 5.88 Å². The first-order valence-electron chi connectivity index (χ1n) is 5.15. The number of anilines is 2. The van der Waals surface area contributed by atoms with Gasteiger partial charge in [0.1, 0.15) is 10.8 Å². The third-order valence-corrected chi connectivity index (χ3v) is 3.34. The molecule has 0 spiro atoms. The fraction of sp³-hybridized carbons (Fsp3) is 0.273. The van der Waals surface area contributed by atoms with Gasteiger partial charge in [0.25, 0.3) is 0 Å². The zero-order chi connectivity index (χ0) is 12.3. The minimum Gasteiger partial charge on any atom is -0.481 e. The van der Waals surface area contributed by atoms with Gasteiger partial charge in [-0.1, -0.05) is 6.07 Å². The van der Waals surface area contributed by atoms with Gasteiger partial charge >= 0.3 is 0 Å². The Morgan fingerprint density at radius 2 is 2.29 bits per heavy atom. The second-order valence-corrected chi connectivity index (χ2v) is 4.36. The monoisotopic (exact) mass is 250 g/mol. The van der Waals surface area contributed by atoms with Gasteiger partial charge in [-0.15, -0.1) is 0 Å². The van der Waals surface area contributed by atoms with Crippen LogP contribution in [0.1, 0.15) is 11.1 Å². The van der Waals surface area contributed by atoms with Gasteiger partial charge in [0.15, 0.2) is 0 Å². The average Bonchev–Trinajstić information content (AvgIpc) is 2.68. The molecular formula is C11H14N4OS. The number of rotatable bonds is 4. The highest BCUT2D eigenvalue weighted by Crippen LogP contribution is 2.25. The molecule has 3 N–H and O–H groups in total. The lowest BCUT2D eigenvalue weighted by Gasteiger charge is -2.05. The number of nitrogens with zero attached hydrogens (tertiary/aromatic N) is 2. The quantitative estimate of drug-likeness (QED) is 0.868. The molecule has 0 saturated heterocycles. The van der Waals surface area contributed by atoms with E-state index in [1.807, 2.05) is 19.1 Å². The van der Waals surface area contributed by atoms with Gasteiger partial charge in [0, 0.05) is 24.4 Å². The third kappa shape index (κ3) is 2.65. The molecule has 0 aromatic carbocycles. The molecule has 0 unspecified atom stereocenters. The van der Waals surface area contributed by atoms with Crippen molar-refractivity contribution >= 4 is 22.4 Å². The molecule has 0 saturated carbocycles. The van der Waals surface area contributed by atoms with Crippen LogP contribution in [0.2, 0.25) is 0 Å². The summed E-state index contributed by atoms with van der Waals surface area (Å²) in [6, 6.07) is 3.81. The van der Waals surface area contributed by atoms with Crippen molar-refractivity contribution in [2.45, 2.75) is 13.5 Å². The van der Waals surface area contributed by atoms with E-state index in [1.165, 1.54) is 11.5 Å². The van der Waals surface area contributed by atoms with Crippen LogP contribution in [0.4, 0.5) is 10.8 Å². The molecule has 5 nitrogen and oxygen atoms in total. The molecule has 17 heavy (non-hydrogen) atoms. The third-order valence-electron chi connectivity index (χ3n) is 2.42. The van der Waals surface area contributed by atoms with Crippen molar-refractivity contribution in [2.75, 3.05) is 18.2 Å². The lowest BCUT2D eigenvalue weighted by atomic mass is 10.3. The Morgan fingerprint density at radius 1 is 1.47 bits per heavy atom. The molecule has 0 fully saturated rings. The topological polar surface area (TPSA) is 73.1 Å². The van der Waals surface area contributed by atoms with Crippen molar-refractivity contribution in [1.29, 1.82) is 0 Å². The summed E-state index contributed by atoms with van der Waals surface area (Å²) in [4.78, 5) is 4.14. The maximum Gasteiger partial charge on any atom is 0.212 e. The van der Waals surface area contributed by atoms with E-state index >= 15 is 0 Å². The number of hydrogen-bond donors (Lipinski definition) is 2. The fourth-order valence-electron chi connectivity index (χ4n) is 1.33. The molecule has 0 aliphatic carbocycles. The summed E-state index contributed by atoms with van der Waals surface area (Å²) in [7, 11) is 1.60. The van der Waals surface area contributed by atoms with Gasteiger partial charge in [-0.25, -0.2) is 4.98 Å². The van der Waals surface area contributed by atoms with Crippen molar-refractivity contribution in [3.8, 4) is 5.88 Å². The highest BCUT2D eigenvalue weighted by atomic mass is 32.1. The van der Waals surface area contributed by atoms with Crippen LogP contribution in [0.3, 0.4) is 0 Å². The van der Waals surface area contributed by atoms with Crippen LogP contribution >= 0.6 is 11.5 Å². The van der Waals surface area contributed by atoms with E-state index in [1.54, 1.807) is 13.3 Å². The number of nitrogens with two attached hydrogens (primary N) is 1. The Hall–Kier alpha value is -1.82. The first-order valence-corrected chi connectivity index (χ1v) is 5.92. The molecule has 0 amide bonds. The van der Waals surface area contributed by atoms with Gasteiger partial charge in [-0.05, 0) is 24.0 Å². The summed E-state index contributed by atoms with van der Waals surface area (Å²) >= 11 is 1.37. The Labute approximate surface area is 104 Å². The Balaban J connectivity index is 2.00. The van der Waals surface area contributed by atoms with Crippen LogP contribution < -0.4 is 15.8 Å².